The number of hydrogen-bond acceptors (Lipinski definition) is 9. The van der Waals surface area contributed by atoms with Gasteiger partial charge in [-0.1, -0.05) is 121 Å². The molecule has 6 fully saturated rings. The molecule has 6 bridgehead atoms. The Morgan fingerprint density at radius 1 is 0.477 bits per heavy atom. The Morgan fingerprint density at radius 3 is 1.16 bits per heavy atom. The fraction of sp³-hybridized carbons (Fsp3) is 0.500. The van der Waals surface area contributed by atoms with Gasteiger partial charge in [0.05, 0.1) is 14.2 Å². The van der Waals surface area contributed by atoms with Crippen molar-refractivity contribution in [2.75, 3.05) is 14.2 Å². The second kappa shape index (κ2) is 34.4. The smallest absolute Gasteiger partial charge is 0.481 e. The van der Waals surface area contributed by atoms with E-state index in [0.717, 1.165) is 91.0 Å². The van der Waals surface area contributed by atoms with Gasteiger partial charge in [-0.3, -0.25) is 24.0 Å². The summed E-state index contributed by atoms with van der Waals surface area (Å²) in [5, 5.41) is 22.6. The molecule has 10 rings (SSSR count). The maximum Gasteiger partial charge on any atom is 0.490 e. The molecule has 88 heavy (non-hydrogen) atoms. The van der Waals surface area contributed by atoms with E-state index in [1.54, 1.807) is 0 Å². The van der Waals surface area contributed by atoms with Crippen LogP contribution in [0.1, 0.15) is 156 Å². The van der Waals surface area contributed by atoms with E-state index in [2.05, 4.69) is 80.8 Å². The third-order valence-corrected chi connectivity index (χ3v) is 19.1. The molecule has 0 unspecified atom stereocenters. The number of carboxylic acids is 2. The van der Waals surface area contributed by atoms with Crippen LogP contribution >= 0.6 is 0 Å². The normalized spacial score (nSPS) is 25.3. The molecule has 0 spiro atoms. The number of methoxy groups -OCH3 is 2. The van der Waals surface area contributed by atoms with Crippen LogP contribution in [0.25, 0.3) is 22.3 Å². The number of unbranched alkanes of at least 4 members (excludes halogenated alkanes) is 3. The number of rotatable bonds is 24. The van der Waals surface area contributed by atoms with Crippen molar-refractivity contribution in [3.63, 3.8) is 0 Å². The molecule has 0 saturated heterocycles. The molecule has 0 heterocycles. The van der Waals surface area contributed by atoms with Gasteiger partial charge in [0.15, 0.2) is 0 Å². The second-order valence-corrected chi connectivity index (χ2v) is 24.6. The molecule has 6 aliphatic rings. The fourth-order valence-electron chi connectivity index (χ4n) is 14.5. The number of amides is 2. The van der Waals surface area contributed by atoms with Crippen LogP contribution in [-0.4, -0.2) is 84.4 Å². The molecule has 474 valence electrons. The molecule has 12 atom stereocenters. The zero-order valence-electron chi connectivity index (χ0n) is 51.0. The van der Waals surface area contributed by atoms with Gasteiger partial charge >= 0.3 is 30.1 Å². The Bertz CT molecular complexity index is 2950. The van der Waals surface area contributed by atoms with Crippen LogP contribution in [0.5, 0.6) is 0 Å². The van der Waals surface area contributed by atoms with Crippen LogP contribution < -0.4 is 16.4 Å². The van der Waals surface area contributed by atoms with Crippen LogP contribution in [0.3, 0.4) is 0 Å². The van der Waals surface area contributed by atoms with Gasteiger partial charge in [-0.15, -0.1) is 0 Å². The van der Waals surface area contributed by atoms with E-state index in [1.165, 1.54) is 72.0 Å². The van der Waals surface area contributed by atoms with E-state index >= 15 is 0 Å². The van der Waals surface area contributed by atoms with Gasteiger partial charge in [-0.2, -0.15) is 13.2 Å². The molecule has 13 nitrogen and oxygen atoms in total. The van der Waals surface area contributed by atoms with Gasteiger partial charge in [0.25, 0.3) is 11.8 Å². The van der Waals surface area contributed by atoms with Crippen LogP contribution in [0.15, 0.2) is 146 Å². The Labute approximate surface area is 517 Å². The van der Waals surface area contributed by atoms with Crippen molar-refractivity contribution in [3.8, 4) is 22.3 Å². The number of hydrogen-bond donors (Lipinski definition) is 5. The molecule has 4 aromatic carbocycles. The lowest BCUT2D eigenvalue weighted by atomic mass is 9.82. The standard InChI is InChI=1S/C28H33NO3.C27H31NO3.C15H25NO2.C2HF3O2/c1-32-26(30)12-8-3-2-7-11-25-23-17-18-24(19-23)27(25)29-28(31)22-15-13-21(14-16-22)20-9-5-4-6-10-20;29-25(30)11-7-2-1-6-10-24-22-16-17-23(18-22)26(24)28-27(31)21-14-12-20(13-15-21)19-8-4-3-5-9-19;1-18-14(17)7-5-3-2-4-6-13-11-8-9-12(10-11)15(13)16;3-2(4,5)1(6)7/h2,4-7,9-10,13-16,23-25,27H,3,8,11-12,17-19H2,1H3,(H,29,31);1,3-6,8-9,12-15,22-24,26H,2,7,10-11,16-18H2,(H,28,31)(H,29,30);2,4,11-13,15H,3,5-10,16H2,1H3;(H,6,7)/b7-2-;6-1-;4-2-;/t23-,24+,25+,27+;22-,23+,24+,26+;11-,12+,13+,15+;/m000./s1. The van der Waals surface area contributed by atoms with Crippen molar-refractivity contribution in [3.05, 3.63) is 157 Å². The summed E-state index contributed by atoms with van der Waals surface area (Å²) in [4.78, 5) is 67.6. The Hall–Kier alpha value is -7.33. The lowest BCUT2D eigenvalue weighted by molar-refractivity contribution is -0.192. The third kappa shape index (κ3) is 20.4. The number of halogens is 3. The van der Waals surface area contributed by atoms with Crippen molar-refractivity contribution in [2.45, 2.75) is 159 Å². The number of carboxylic acid groups (broad SMARTS) is 2. The molecular weight excluding hydrogens is 1120 g/mol. The van der Waals surface area contributed by atoms with Crippen LogP contribution in [0.4, 0.5) is 13.2 Å². The number of allylic oxidation sites excluding steroid dienone is 6. The second-order valence-electron chi connectivity index (χ2n) is 24.6. The monoisotopic (exact) mass is 1210 g/mol. The first-order chi connectivity index (χ1) is 42.4. The summed E-state index contributed by atoms with van der Waals surface area (Å²) in [6, 6.07) is 37.1. The van der Waals surface area contributed by atoms with Crippen molar-refractivity contribution in [2.24, 2.45) is 59.0 Å². The van der Waals surface area contributed by atoms with E-state index < -0.39 is 18.1 Å². The highest BCUT2D eigenvalue weighted by Gasteiger charge is 2.49. The highest BCUT2D eigenvalue weighted by molar-refractivity contribution is 5.95. The predicted octanol–water partition coefficient (Wildman–Crippen LogP) is 14.8. The van der Waals surface area contributed by atoms with Gasteiger partial charge < -0.3 is 36.1 Å². The highest BCUT2D eigenvalue weighted by atomic mass is 19.4. The maximum atomic E-state index is 13.0. The van der Waals surface area contributed by atoms with Crippen molar-refractivity contribution >= 4 is 35.7 Å². The molecule has 6 saturated carbocycles. The third-order valence-electron chi connectivity index (χ3n) is 19.1. The minimum atomic E-state index is -5.08. The zero-order chi connectivity index (χ0) is 63.0. The van der Waals surface area contributed by atoms with Gasteiger partial charge in [-0.25, -0.2) is 4.79 Å². The van der Waals surface area contributed by atoms with E-state index in [1.807, 2.05) is 84.9 Å². The quantitative estimate of drug-likeness (QED) is 0.0253. The van der Waals surface area contributed by atoms with E-state index in [-0.39, 0.29) is 42.3 Å². The first kappa shape index (κ1) is 68.2. The van der Waals surface area contributed by atoms with Crippen LogP contribution in [-0.2, 0) is 28.7 Å². The molecule has 0 aliphatic heterocycles. The van der Waals surface area contributed by atoms with Crippen molar-refractivity contribution < 1.29 is 61.6 Å². The molecule has 4 aromatic rings. The van der Waals surface area contributed by atoms with E-state index in [9.17, 15) is 37.1 Å². The summed E-state index contributed by atoms with van der Waals surface area (Å²) in [7, 11) is 2.87. The Balaban J connectivity index is 0.000000184. The lowest BCUT2D eigenvalue weighted by Gasteiger charge is -2.31. The first-order valence-corrected chi connectivity index (χ1v) is 31.7. The highest BCUT2D eigenvalue weighted by Crippen LogP contribution is 2.52. The number of carbonyl (C=O) groups is 6. The SMILES string of the molecule is COC(=O)CCC/C=C\C[C@@H]1[C@H]2CC[C@H](C2)[C@H]1N.COC(=O)CCC/C=C\C[C@@H]1[C@H]2CC[C@H](C2)[C@H]1NC(=O)c1ccc(-c2ccccc2)cc1.O=C(O)C(F)(F)F.O=C(O)CCC/C=C\C[C@@H]1[C@H]2CC[C@H](C2)[C@H]1NC(=O)c1ccc(-c2ccccc2)cc1. The topological polar surface area (TPSA) is 211 Å². The molecular formula is C72H90F3N3O10. The average Bonchev–Trinajstić information content (AvgIpc) is 4.40. The van der Waals surface area contributed by atoms with Crippen molar-refractivity contribution in [1.29, 1.82) is 0 Å². The lowest BCUT2D eigenvalue weighted by Crippen LogP contribution is -2.43. The Morgan fingerprint density at radius 2 is 0.807 bits per heavy atom. The fourth-order valence-corrected chi connectivity index (χ4v) is 14.5. The van der Waals surface area contributed by atoms with Crippen LogP contribution in [0, 0.1) is 53.3 Å². The number of benzene rings is 4. The number of alkyl halides is 3. The minimum Gasteiger partial charge on any atom is -0.481 e. The number of esters is 2. The predicted molar refractivity (Wildman–Crippen MR) is 335 cm³/mol. The van der Waals surface area contributed by atoms with E-state index in [4.69, 9.17) is 20.7 Å². The summed E-state index contributed by atoms with van der Waals surface area (Å²) >= 11 is 0. The number of fused-ring (bicyclic) bond motifs is 6. The maximum absolute atomic E-state index is 13.0. The van der Waals surface area contributed by atoms with Gasteiger partial charge in [0, 0.05) is 48.5 Å². The largest absolute Gasteiger partial charge is 0.490 e. The molecule has 16 heteroatoms. The van der Waals surface area contributed by atoms with Gasteiger partial charge in [0.1, 0.15) is 0 Å². The number of nitrogens with one attached hydrogen (secondary N) is 2. The first-order valence-electron chi connectivity index (χ1n) is 31.7. The number of ether oxygens (including phenoxy) is 2. The molecule has 2 amide bonds. The molecule has 6 N–H and O–H groups in total. The molecule has 6 aliphatic carbocycles. The van der Waals surface area contributed by atoms with E-state index in [0.29, 0.717) is 72.3 Å². The van der Waals surface area contributed by atoms with Crippen LogP contribution in [0.2, 0.25) is 0 Å². The van der Waals surface area contributed by atoms with Gasteiger partial charge in [-0.05, 0) is 215 Å². The number of nitrogens with two attached hydrogens (primary N) is 1. The minimum absolute atomic E-state index is 0.0209. The average molecular weight is 1210 g/mol. The van der Waals surface area contributed by atoms with Crippen molar-refractivity contribution in [1.82, 2.24) is 10.6 Å². The summed E-state index contributed by atoms with van der Waals surface area (Å²) in [5.41, 5.74) is 12.3. The summed E-state index contributed by atoms with van der Waals surface area (Å²) in [5.74, 6) is 2.29. The molecule has 0 aromatic heterocycles. The number of carbonyl (C=O) groups excluding carboxylic acids is 4. The zero-order valence-corrected chi connectivity index (χ0v) is 51.0. The number of aliphatic carboxylic acids is 2. The summed E-state index contributed by atoms with van der Waals surface area (Å²) < 4.78 is 41.0. The molecule has 0 radical (unpaired) electrons. The summed E-state index contributed by atoms with van der Waals surface area (Å²) in [6.45, 7) is 0. The van der Waals surface area contributed by atoms with Gasteiger partial charge in [0.2, 0.25) is 0 Å². The summed E-state index contributed by atoms with van der Waals surface area (Å²) in [6.07, 6.45) is 29.0. The Kier molecular flexibility index (Phi) is 26.7.